The van der Waals surface area contributed by atoms with E-state index in [2.05, 4.69) is 70.7 Å². The number of hydrogen-bond donors (Lipinski definition) is 1. The van der Waals surface area contributed by atoms with Crippen LogP contribution in [0.4, 0.5) is 4.79 Å². The van der Waals surface area contributed by atoms with E-state index in [4.69, 9.17) is 42.6 Å². The molecule has 16 nitrogen and oxygen atoms in total. The first-order valence-corrected chi connectivity index (χ1v) is 35.8. The summed E-state index contributed by atoms with van der Waals surface area (Å²) in [6.07, 6.45) is 39.3. The van der Waals surface area contributed by atoms with Crippen molar-refractivity contribution in [3.63, 3.8) is 0 Å². The third-order valence-electron chi connectivity index (χ3n) is 16.0. The Kier molecular flexibility index (Phi) is 59.7. The Balaban J connectivity index is 6.07. The molecule has 0 fully saturated rings. The SMILES string of the molecule is CC/C=C\CCCCOC(CCC(O)OCC(COC(=O)CCCCCCCOC(=O)C(CCCC)CCCCCC)(COC(=O)CCCCCCCOC(=O)C(CCCC)CCCCCC)COC(=O)OCCCN(C)CC)OCCCC/C=C\CC. The van der Waals surface area contributed by atoms with E-state index >= 15 is 0 Å². The van der Waals surface area contributed by atoms with Crippen molar-refractivity contribution in [1.29, 1.82) is 0 Å². The number of carbonyl (C=O) groups is 5. The third-order valence-corrected chi connectivity index (χ3v) is 16.0. The van der Waals surface area contributed by atoms with Crippen molar-refractivity contribution in [2.45, 2.75) is 311 Å². The molecule has 0 radical (unpaired) electrons. The first kappa shape index (κ1) is 84.4. The van der Waals surface area contributed by atoms with Crippen LogP contribution in [0, 0.1) is 17.3 Å². The van der Waals surface area contributed by atoms with E-state index in [0.717, 1.165) is 206 Å². The van der Waals surface area contributed by atoms with Gasteiger partial charge in [0.05, 0.1) is 43.7 Å². The average molecular weight is 1250 g/mol. The molecule has 516 valence electrons. The number of ether oxygens (including phenoxy) is 9. The lowest BCUT2D eigenvalue weighted by molar-refractivity contribution is -0.187. The maximum atomic E-state index is 13.5. The molecule has 0 aliphatic rings. The van der Waals surface area contributed by atoms with Crippen LogP contribution in [0.15, 0.2) is 24.3 Å². The first-order valence-electron chi connectivity index (χ1n) is 35.8. The van der Waals surface area contributed by atoms with Gasteiger partial charge >= 0.3 is 30.0 Å². The lowest BCUT2D eigenvalue weighted by atomic mass is 9.92. The van der Waals surface area contributed by atoms with Crippen LogP contribution in [0.1, 0.15) is 299 Å². The first-order chi connectivity index (χ1) is 42.8. The van der Waals surface area contributed by atoms with Gasteiger partial charge in [0.2, 0.25) is 0 Å². The Bertz CT molecular complexity index is 1600. The molecule has 16 heteroatoms. The lowest BCUT2D eigenvalue weighted by Crippen LogP contribution is -2.44. The van der Waals surface area contributed by atoms with Crippen LogP contribution < -0.4 is 0 Å². The van der Waals surface area contributed by atoms with Crippen LogP contribution >= 0.6 is 0 Å². The lowest BCUT2D eigenvalue weighted by Gasteiger charge is -2.32. The average Bonchev–Trinajstić information content (AvgIpc) is 3.67. The highest BCUT2D eigenvalue weighted by atomic mass is 16.7. The molecule has 88 heavy (non-hydrogen) atoms. The molecule has 0 rings (SSSR count). The largest absolute Gasteiger partial charge is 0.508 e. The highest BCUT2D eigenvalue weighted by Gasteiger charge is 2.38. The van der Waals surface area contributed by atoms with Crippen molar-refractivity contribution in [3.05, 3.63) is 24.3 Å². The van der Waals surface area contributed by atoms with E-state index in [1.54, 1.807) is 0 Å². The number of nitrogens with zero attached hydrogens (tertiary/aromatic N) is 1. The summed E-state index contributed by atoms with van der Waals surface area (Å²) in [5, 5.41) is 11.4. The molecular weight excluding hydrogens is 1120 g/mol. The zero-order valence-corrected chi connectivity index (χ0v) is 57.6. The molecule has 0 aromatic heterocycles. The summed E-state index contributed by atoms with van der Waals surface area (Å²) in [4.78, 5) is 68.1. The number of aliphatic hydroxyl groups excluding tert-OH is 1. The number of aliphatic hydroxyl groups is 1. The Labute approximate surface area is 537 Å². The predicted octanol–water partition coefficient (Wildman–Crippen LogP) is 17.6. The fraction of sp³-hybridized carbons (Fsp3) is 0.875. The van der Waals surface area contributed by atoms with E-state index in [0.29, 0.717) is 52.1 Å². The van der Waals surface area contributed by atoms with E-state index in [1.807, 2.05) is 14.0 Å². The standard InChI is InChI=1S/C72H133NO15/c1-9-16-22-26-32-40-54-80-68(81-55-41-33-27-23-17-10-2)52-51-67(76)87-61-72(62-88-71(79)84-58-44-53-73(8)15-7,59-85-65(74)49-38-30-28-34-42-56-82-69(77)63(45-20-13-5)47-36-24-18-11-3)60-86-66(75)50-39-31-29-35-43-57-83-70(78)64(46-21-14-6)48-37-25-19-12-4/h16-17,22-23,63-64,67-68,76H,9-15,18-21,24-62H2,1-8H3/b22-16-,23-17-. The molecular formula is C72H133NO15. The van der Waals surface area contributed by atoms with E-state index in [-0.39, 0.29) is 69.5 Å². The minimum absolute atomic E-state index is 0.0300. The van der Waals surface area contributed by atoms with E-state index in [1.165, 1.54) is 12.8 Å². The van der Waals surface area contributed by atoms with Gasteiger partial charge in [0.25, 0.3) is 0 Å². The van der Waals surface area contributed by atoms with Gasteiger partial charge < -0.3 is 52.6 Å². The van der Waals surface area contributed by atoms with Gasteiger partial charge in [0, 0.05) is 45.4 Å². The fourth-order valence-electron chi connectivity index (χ4n) is 10.0. The Morgan fingerprint density at radius 3 is 1.28 bits per heavy atom. The molecule has 0 saturated heterocycles. The highest BCUT2D eigenvalue weighted by Crippen LogP contribution is 2.26. The Hall–Kier alpha value is -3.57. The van der Waals surface area contributed by atoms with Gasteiger partial charge in [-0.2, -0.15) is 0 Å². The number of esters is 4. The maximum absolute atomic E-state index is 13.5. The van der Waals surface area contributed by atoms with E-state index in [9.17, 15) is 29.1 Å². The van der Waals surface area contributed by atoms with Crippen LogP contribution in [-0.4, -0.2) is 132 Å². The summed E-state index contributed by atoms with van der Waals surface area (Å²) in [5.41, 5.74) is -1.41. The van der Waals surface area contributed by atoms with Gasteiger partial charge in [-0.3, -0.25) is 19.2 Å². The van der Waals surface area contributed by atoms with Crippen molar-refractivity contribution in [2.24, 2.45) is 17.3 Å². The smallest absolute Gasteiger partial charge is 0.465 e. The minimum atomic E-state index is -1.41. The van der Waals surface area contributed by atoms with Gasteiger partial charge in [-0.1, -0.05) is 188 Å². The minimum Gasteiger partial charge on any atom is -0.465 e. The summed E-state index contributed by atoms with van der Waals surface area (Å²) in [6.45, 7) is 17.1. The predicted molar refractivity (Wildman–Crippen MR) is 354 cm³/mol. The molecule has 0 aromatic rings. The topological polar surface area (TPSA) is 192 Å². The summed E-state index contributed by atoms with van der Waals surface area (Å²) in [6, 6.07) is 0. The van der Waals surface area contributed by atoms with Gasteiger partial charge in [-0.15, -0.1) is 0 Å². The van der Waals surface area contributed by atoms with Crippen LogP contribution in [0.2, 0.25) is 0 Å². The van der Waals surface area contributed by atoms with E-state index < -0.39 is 42.7 Å². The second-order valence-corrected chi connectivity index (χ2v) is 24.5. The van der Waals surface area contributed by atoms with Gasteiger partial charge in [-0.05, 0) is 123 Å². The number of allylic oxidation sites excluding steroid dienone is 4. The summed E-state index contributed by atoms with van der Waals surface area (Å²) in [5.74, 6) is -1.16. The van der Waals surface area contributed by atoms with Crippen molar-refractivity contribution in [1.82, 2.24) is 4.90 Å². The van der Waals surface area contributed by atoms with Crippen LogP contribution in [-0.2, 0) is 61.8 Å². The quantitative estimate of drug-likeness (QED) is 0.0199. The summed E-state index contributed by atoms with van der Waals surface area (Å²) >= 11 is 0. The zero-order valence-electron chi connectivity index (χ0n) is 57.6. The zero-order chi connectivity index (χ0) is 64.8. The van der Waals surface area contributed by atoms with Crippen LogP contribution in [0.25, 0.3) is 0 Å². The fourth-order valence-corrected chi connectivity index (χ4v) is 10.0. The molecule has 0 amide bonds. The molecule has 1 N–H and O–H groups in total. The van der Waals surface area contributed by atoms with Gasteiger partial charge in [-0.25, -0.2) is 4.79 Å². The van der Waals surface area contributed by atoms with Crippen molar-refractivity contribution in [2.75, 3.05) is 79.6 Å². The second-order valence-electron chi connectivity index (χ2n) is 24.5. The number of hydrogen-bond acceptors (Lipinski definition) is 16. The normalized spacial score (nSPS) is 13.5. The van der Waals surface area contributed by atoms with Gasteiger partial charge in [0.1, 0.15) is 19.8 Å². The molecule has 0 aliphatic heterocycles. The molecule has 0 saturated carbocycles. The molecule has 0 aliphatic carbocycles. The van der Waals surface area contributed by atoms with Crippen molar-refractivity contribution >= 4 is 30.0 Å². The summed E-state index contributed by atoms with van der Waals surface area (Å²) in [7, 11) is 1.98. The molecule has 0 spiro atoms. The summed E-state index contributed by atoms with van der Waals surface area (Å²) < 4.78 is 53.0. The maximum Gasteiger partial charge on any atom is 0.508 e. The monoisotopic (exact) mass is 1250 g/mol. The molecule has 0 heterocycles. The Morgan fingerprint density at radius 2 is 0.818 bits per heavy atom. The molecule has 0 bridgehead atoms. The number of carbonyl (C=O) groups excluding carboxylic acids is 5. The van der Waals surface area contributed by atoms with Crippen molar-refractivity contribution in [3.8, 4) is 0 Å². The molecule has 3 atom stereocenters. The molecule has 3 unspecified atom stereocenters. The second kappa shape index (κ2) is 62.2. The van der Waals surface area contributed by atoms with Gasteiger partial charge in [0.15, 0.2) is 12.6 Å². The molecule has 0 aromatic carbocycles. The van der Waals surface area contributed by atoms with Crippen LogP contribution in [0.5, 0.6) is 0 Å². The highest BCUT2D eigenvalue weighted by molar-refractivity contribution is 5.73. The number of unbranched alkanes of at least 4 members (excludes halogenated alkanes) is 20. The Morgan fingerprint density at radius 1 is 0.398 bits per heavy atom. The van der Waals surface area contributed by atoms with Crippen LogP contribution in [0.3, 0.4) is 0 Å². The van der Waals surface area contributed by atoms with Crippen molar-refractivity contribution < 1.29 is 71.7 Å². The number of rotatable bonds is 65. The third kappa shape index (κ3) is 52.1.